The third-order valence-electron chi connectivity index (χ3n) is 2.40. The Labute approximate surface area is 114 Å². The van der Waals surface area contributed by atoms with Crippen LogP contribution in [0.15, 0.2) is 47.8 Å². The number of phenolic OH excluding ortho intramolecular Hbond substituents is 1. The molecule has 0 aliphatic heterocycles. The Hall–Kier alpha value is -2.93. The number of hydrogen-bond acceptors (Lipinski definition) is 6. The molecule has 0 saturated heterocycles. The van der Waals surface area contributed by atoms with Crippen molar-refractivity contribution in [1.82, 2.24) is 10.4 Å². The number of nitrogens with one attached hydrogen (secondary N) is 1. The number of nitrogens with zero attached hydrogens (tertiary/aromatic N) is 2. The maximum Gasteiger partial charge on any atom is 0.271 e. The number of pyridine rings is 1. The van der Waals surface area contributed by atoms with E-state index in [2.05, 4.69) is 20.4 Å². The summed E-state index contributed by atoms with van der Waals surface area (Å²) in [6, 6.07) is 7.35. The lowest BCUT2D eigenvalue weighted by Crippen LogP contribution is -2.17. The van der Waals surface area contributed by atoms with Crippen LogP contribution in [0.25, 0.3) is 0 Å². The molecule has 1 aromatic heterocycles. The monoisotopic (exact) mass is 273 g/mol. The van der Waals surface area contributed by atoms with E-state index in [1.807, 2.05) is 0 Å². The van der Waals surface area contributed by atoms with Crippen LogP contribution in [0.3, 0.4) is 0 Å². The molecule has 20 heavy (non-hydrogen) atoms. The first-order valence-corrected chi connectivity index (χ1v) is 5.58. The van der Waals surface area contributed by atoms with Gasteiger partial charge in [-0.2, -0.15) is 5.10 Å². The summed E-state index contributed by atoms with van der Waals surface area (Å²) < 4.78 is 0. The fourth-order valence-corrected chi connectivity index (χ4v) is 1.42. The first-order valence-electron chi connectivity index (χ1n) is 5.58. The summed E-state index contributed by atoms with van der Waals surface area (Å²) in [5.74, 6) is -0.680. The minimum atomic E-state index is -0.374. The maximum absolute atomic E-state index is 11.7. The molecule has 0 radical (unpaired) electrons. The smallest absolute Gasteiger partial charge is 0.271 e. The van der Waals surface area contributed by atoms with Crippen molar-refractivity contribution in [3.63, 3.8) is 0 Å². The zero-order valence-electron chi connectivity index (χ0n) is 10.2. The largest absolute Gasteiger partial charge is 0.504 e. The number of aromatic nitrogens is 1. The van der Waals surface area contributed by atoms with Crippen LogP contribution in [0.5, 0.6) is 11.5 Å². The number of hydrazone groups is 1. The zero-order chi connectivity index (χ0) is 14.4. The number of carbonyl (C=O) groups is 1. The SMILES string of the molecule is O=C(NN=Cc1ccc(O)c(OO)c1)c1ccncc1. The highest BCUT2D eigenvalue weighted by atomic mass is 17.1. The maximum atomic E-state index is 11.7. The summed E-state index contributed by atoms with van der Waals surface area (Å²) in [6.45, 7) is 0. The Morgan fingerprint density at radius 2 is 2.05 bits per heavy atom. The first kappa shape index (κ1) is 13.5. The molecule has 102 valence electrons. The normalized spacial score (nSPS) is 10.4. The van der Waals surface area contributed by atoms with Gasteiger partial charge in [0.2, 0.25) is 5.75 Å². The number of carbonyl (C=O) groups excluding carboxylic acids is 1. The molecule has 2 rings (SSSR count). The Kier molecular flexibility index (Phi) is 4.25. The van der Waals surface area contributed by atoms with Crippen LogP contribution >= 0.6 is 0 Å². The molecule has 0 spiro atoms. The van der Waals surface area contributed by atoms with Crippen molar-refractivity contribution in [2.75, 3.05) is 0 Å². The van der Waals surface area contributed by atoms with E-state index in [0.717, 1.165) is 0 Å². The molecule has 0 aliphatic carbocycles. The van der Waals surface area contributed by atoms with Gasteiger partial charge in [0.25, 0.3) is 5.91 Å². The Balaban J connectivity index is 2.02. The number of rotatable bonds is 4. The van der Waals surface area contributed by atoms with Crippen molar-refractivity contribution in [3.05, 3.63) is 53.9 Å². The highest BCUT2D eigenvalue weighted by Crippen LogP contribution is 2.25. The highest BCUT2D eigenvalue weighted by Gasteiger charge is 2.04. The quantitative estimate of drug-likeness (QED) is 0.444. The molecule has 0 unspecified atom stereocenters. The number of aromatic hydroxyl groups is 1. The molecular weight excluding hydrogens is 262 g/mol. The molecule has 1 aromatic carbocycles. The van der Waals surface area contributed by atoms with E-state index in [0.29, 0.717) is 11.1 Å². The van der Waals surface area contributed by atoms with Gasteiger partial charge in [-0.3, -0.25) is 9.78 Å². The van der Waals surface area contributed by atoms with Gasteiger partial charge in [-0.15, -0.1) is 0 Å². The molecule has 3 N–H and O–H groups in total. The van der Waals surface area contributed by atoms with Crippen LogP contribution in [-0.2, 0) is 0 Å². The lowest BCUT2D eigenvalue weighted by molar-refractivity contribution is -0.139. The summed E-state index contributed by atoms with van der Waals surface area (Å²) in [4.78, 5) is 19.4. The van der Waals surface area contributed by atoms with Crippen LogP contribution in [0.4, 0.5) is 0 Å². The Bertz CT molecular complexity index is 629. The van der Waals surface area contributed by atoms with E-state index in [4.69, 9.17) is 5.26 Å². The molecule has 0 fully saturated rings. The summed E-state index contributed by atoms with van der Waals surface area (Å²) >= 11 is 0. The van der Waals surface area contributed by atoms with Gasteiger partial charge in [-0.1, -0.05) is 0 Å². The van der Waals surface area contributed by atoms with Gasteiger partial charge in [0, 0.05) is 18.0 Å². The molecule has 1 amide bonds. The van der Waals surface area contributed by atoms with E-state index in [1.54, 1.807) is 18.2 Å². The molecule has 1 heterocycles. The molecule has 0 bridgehead atoms. The van der Waals surface area contributed by atoms with E-state index in [9.17, 15) is 9.90 Å². The molecule has 7 nitrogen and oxygen atoms in total. The van der Waals surface area contributed by atoms with Gasteiger partial charge in [0.15, 0.2) is 5.75 Å². The van der Waals surface area contributed by atoms with Crippen LogP contribution < -0.4 is 10.3 Å². The molecule has 0 saturated carbocycles. The summed E-state index contributed by atoms with van der Waals surface area (Å²) in [5, 5.41) is 21.6. The van der Waals surface area contributed by atoms with Crippen molar-refractivity contribution in [1.29, 1.82) is 0 Å². The zero-order valence-corrected chi connectivity index (χ0v) is 10.2. The van der Waals surface area contributed by atoms with Crippen LogP contribution in [-0.4, -0.2) is 27.5 Å². The van der Waals surface area contributed by atoms with Gasteiger partial charge in [0.1, 0.15) is 0 Å². The van der Waals surface area contributed by atoms with Crippen molar-refractivity contribution in [2.24, 2.45) is 5.10 Å². The third kappa shape index (κ3) is 3.30. The Morgan fingerprint density at radius 3 is 2.75 bits per heavy atom. The predicted molar refractivity (Wildman–Crippen MR) is 70.7 cm³/mol. The lowest BCUT2D eigenvalue weighted by Gasteiger charge is -2.01. The summed E-state index contributed by atoms with van der Waals surface area (Å²) in [5.41, 5.74) is 3.30. The second kappa shape index (κ2) is 6.30. The fourth-order valence-electron chi connectivity index (χ4n) is 1.42. The number of hydrogen-bond donors (Lipinski definition) is 3. The van der Waals surface area contributed by atoms with Gasteiger partial charge in [-0.25, -0.2) is 10.7 Å². The number of benzene rings is 1. The van der Waals surface area contributed by atoms with Gasteiger partial charge < -0.3 is 9.99 Å². The average Bonchev–Trinajstić information content (AvgIpc) is 2.49. The third-order valence-corrected chi connectivity index (χ3v) is 2.40. The van der Waals surface area contributed by atoms with E-state index in [-0.39, 0.29) is 17.4 Å². The lowest BCUT2D eigenvalue weighted by atomic mass is 10.2. The molecule has 2 aromatic rings. The van der Waals surface area contributed by atoms with Crippen LogP contribution in [0.2, 0.25) is 0 Å². The van der Waals surface area contributed by atoms with Gasteiger partial charge >= 0.3 is 0 Å². The van der Waals surface area contributed by atoms with E-state index >= 15 is 0 Å². The minimum absolute atomic E-state index is 0.102. The molecule has 0 aliphatic rings. The highest BCUT2D eigenvalue weighted by molar-refractivity contribution is 5.94. The van der Waals surface area contributed by atoms with E-state index < -0.39 is 0 Å². The first-order chi connectivity index (χ1) is 9.70. The van der Waals surface area contributed by atoms with Gasteiger partial charge in [0.05, 0.1) is 6.21 Å². The second-order valence-electron chi connectivity index (χ2n) is 3.75. The van der Waals surface area contributed by atoms with Crippen molar-refractivity contribution < 1.29 is 20.0 Å². The van der Waals surface area contributed by atoms with Crippen molar-refractivity contribution >= 4 is 12.1 Å². The summed E-state index contributed by atoms with van der Waals surface area (Å²) in [6.07, 6.45) is 4.36. The summed E-state index contributed by atoms with van der Waals surface area (Å²) in [7, 11) is 0. The average molecular weight is 273 g/mol. The van der Waals surface area contributed by atoms with Crippen molar-refractivity contribution in [2.45, 2.75) is 0 Å². The second-order valence-corrected chi connectivity index (χ2v) is 3.75. The van der Waals surface area contributed by atoms with Crippen LogP contribution in [0, 0.1) is 0 Å². The molecule has 0 atom stereocenters. The number of amides is 1. The fraction of sp³-hybridized carbons (Fsp3) is 0. The molecular formula is C13H11N3O4. The predicted octanol–water partition coefficient (Wildman–Crippen LogP) is 1.40. The van der Waals surface area contributed by atoms with Crippen molar-refractivity contribution in [3.8, 4) is 11.5 Å². The number of phenols is 1. The molecule has 7 heteroatoms. The van der Waals surface area contributed by atoms with Crippen LogP contribution in [0.1, 0.15) is 15.9 Å². The topological polar surface area (TPSA) is 104 Å². The Morgan fingerprint density at radius 1 is 1.30 bits per heavy atom. The van der Waals surface area contributed by atoms with E-state index in [1.165, 1.54) is 30.7 Å². The standard InChI is InChI=1S/C13H11N3O4/c17-11-2-1-9(7-12(11)20-19)8-15-16-13(18)10-3-5-14-6-4-10/h1-8,17,19H,(H,16,18). The minimum Gasteiger partial charge on any atom is -0.504 e. The van der Waals surface area contributed by atoms with Gasteiger partial charge in [-0.05, 0) is 35.9 Å².